The quantitative estimate of drug-likeness (QED) is 0.439. The van der Waals surface area contributed by atoms with Crippen molar-refractivity contribution in [3.63, 3.8) is 0 Å². The Hall–Kier alpha value is -1.70. The lowest BCUT2D eigenvalue weighted by Crippen LogP contribution is -2.47. The number of methoxy groups -OCH3 is 1. The monoisotopic (exact) mass is 312 g/mol. The second kappa shape index (κ2) is 8.67. The molecule has 1 atom stereocenters. The highest BCUT2D eigenvalue weighted by molar-refractivity contribution is 5.80. The Balaban J connectivity index is 1.93. The number of aryl methyl sites for hydroxylation is 1. The number of hydrogen-bond donors (Lipinski definition) is 2. The van der Waals surface area contributed by atoms with E-state index in [9.17, 15) is 4.39 Å². The molecule has 0 fully saturated rings. The van der Waals surface area contributed by atoms with Gasteiger partial charge in [0.1, 0.15) is 12.4 Å². The smallest absolute Gasteiger partial charge is 0.191 e. The summed E-state index contributed by atoms with van der Waals surface area (Å²) in [7, 11) is 1.64. The fourth-order valence-corrected chi connectivity index (χ4v) is 2.43. The fraction of sp³-hybridized carbons (Fsp3) is 0.786. The van der Waals surface area contributed by atoms with Crippen LogP contribution in [0.3, 0.4) is 0 Å². The van der Waals surface area contributed by atoms with Crippen molar-refractivity contribution in [1.29, 1.82) is 0 Å². The summed E-state index contributed by atoms with van der Waals surface area (Å²) in [5.74, 6) is 2.47. The number of halogens is 1. The summed E-state index contributed by atoms with van der Waals surface area (Å²) in [5.41, 5.74) is 0. The number of ether oxygens (including phenoxy) is 1. The van der Waals surface area contributed by atoms with Crippen LogP contribution in [0.2, 0.25) is 0 Å². The van der Waals surface area contributed by atoms with E-state index in [1.54, 1.807) is 7.11 Å². The lowest BCUT2D eigenvalue weighted by molar-refractivity contribution is 0.177. The molecule has 1 unspecified atom stereocenters. The van der Waals surface area contributed by atoms with Gasteiger partial charge in [-0.3, -0.25) is 9.38 Å². The molecule has 2 N–H and O–H groups in total. The molecule has 22 heavy (non-hydrogen) atoms. The van der Waals surface area contributed by atoms with E-state index in [1.165, 1.54) is 0 Å². The number of fused-ring (bicyclic) bond motifs is 1. The third kappa shape index (κ3) is 4.66. The van der Waals surface area contributed by atoms with E-state index in [0.717, 1.165) is 43.5 Å². The fourth-order valence-electron chi connectivity index (χ4n) is 2.43. The van der Waals surface area contributed by atoms with E-state index in [0.29, 0.717) is 19.6 Å². The highest BCUT2D eigenvalue weighted by Gasteiger charge is 2.22. The van der Waals surface area contributed by atoms with Crippen LogP contribution in [0.5, 0.6) is 0 Å². The normalized spacial score (nSPS) is 18.1. The SMILES string of the molecule is CCNC(=NCCCF)NC1CCc2nc(COC)nn2C1. The van der Waals surface area contributed by atoms with Crippen LogP contribution in [-0.2, 0) is 24.3 Å². The largest absolute Gasteiger partial charge is 0.377 e. The maximum Gasteiger partial charge on any atom is 0.191 e. The molecule has 124 valence electrons. The molecule has 0 amide bonds. The molecule has 1 aromatic heterocycles. The molecule has 0 spiro atoms. The first-order valence-electron chi connectivity index (χ1n) is 7.79. The molecule has 1 aromatic rings. The van der Waals surface area contributed by atoms with Gasteiger partial charge in [-0.25, -0.2) is 9.67 Å². The van der Waals surface area contributed by atoms with Gasteiger partial charge in [0.25, 0.3) is 0 Å². The Morgan fingerprint density at radius 3 is 3.14 bits per heavy atom. The molecule has 0 saturated heterocycles. The van der Waals surface area contributed by atoms with Crippen molar-refractivity contribution in [1.82, 2.24) is 25.4 Å². The summed E-state index contributed by atoms with van der Waals surface area (Å²) in [6, 6.07) is 0.243. The highest BCUT2D eigenvalue weighted by atomic mass is 19.1. The number of aliphatic imine (C=N–C) groups is 1. The Labute approximate surface area is 130 Å². The molecule has 0 bridgehead atoms. The Morgan fingerprint density at radius 1 is 1.55 bits per heavy atom. The average molecular weight is 312 g/mol. The standard InChI is InChI=1S/C14H25FN6O/c1-3-16-14(17-8-4-7-15)18-11-5-6-13-19-12(10-22-2)20-21(13)9-11/h11H,3-10H2,1-2H3,(H2,16,17,18). The zero-order chi connectivity index (χ0) is 15.8. The molecule has 1 aliphatic heterocycles. The van der Waals surface area contributed by atoms with Crippen molar-refractivity contribution in [2.24, 2.45) is 4.99 Å². The maximum absolute atomic E-state index is 12.2. The van der Waals surface area contributed by atoms with Gasteiger partial charge in [-0.05, 0) is 19.8 Å². The lowest BCUT2D eigenvalue weighted by Gasteiger charge is -2.25. The second-order valence-corrected chi connectivity index (χ2v) is 5.24. The summed E-state index contributed by atoms with van der Waals surface area (Å²) in [4.78, 5) is 8.84. The van der Waals surface area contributed by atoms with Gasteiger partial charge in [0, 0.05) is 32.7 Å². The zero-order valence-electron chi connectivity index (χ0n) is 13.3. The third-order valence-electron chi connectivity index (χ3n) is 3.42. The summed E-state index contributed by atoms with van der Waals surface area (Å²) >= 11 is 0. The van der Waals surface area contributed by atoms with Crippen molar-refractivity contribution < 1.29 is 9.13 Å². The summed E-state index contributed by atoms with van der Waals surface area (Å²) in [5, 5.41) is 11.0. The molecule has 0 radical (unpaired) electrons. The Morgan fingerprint density at radius 2 is 2.41 bits per heavy atom. The number of alkyl halides is 1. The van der Waals surface area contributed by atoms with Gasteiger partial charge in [-0.1, -0.05) is 0 Å². The average Bonchev–Trinajstić information content (AvgIpc) is 2.89. The van der Waals surface area contributed by atoms with Crippen LogP contribution in [0.25, 0.3) is 0 Å². The van der Waals surface area contributed by atoms with Crippen LogP contribution in [0.1, 0.15) is 31.4 Å². The van der Waals surface area contributed by atoms with Gasteiger partial charge < -0.3 is 15.4 Å². The highest BCUT2D eigenvalue weighted by Crippen LogP contribution is 2.13. The van der Waals surface area contributed by atoms with Gasteiger partial charge in [-0.2, -0.15) is 5.10 Å². The summed E-state index contributed by atoms with van der Waals surface area (Å²) in [6.07, 6.45) is 2.30. The molecule has 7 nitrogen and oxygen atoms in total. The molecular weight excluding hydrogens is 287 g/mol. The minimum absolute atomic E-state index is 0.243. The summed E-state index contributed by atoms with van der Waals surface area (Å²) < 4.78 is 19.2. The summed E-state index contributed by atoms with van der Waals surface area (Å²) in [6.45, 7) is 4.13. The van der Waals surface area contributed by atoms with Crippen LogP contribution in [0.15, 0.2) is 4.99 Å². The molecule has 1 aliphatic rings. The molecular formula is C14H25FN6O. The Bertz CT molecular complexity index is 490. The number of nitrogens with one attached hydrogen (secondary N) is 2. The molecule has 2 heterocycles. The number of nitrogens with zero attached hydrogens (tertiary/aromatic N) is 4. The van der Waals surface area contributed by atoms with E-state index in [4.69, 9.17) is 4.74 Å². The zero-order valence-corrected chi connectivity index (χ0v) is 13.3. The second-order valence-electron chi connectivity index (χ2n) is 5.24. The van der Waals surface area contributed by atoms with Gasteiger partial charge >= 0.3 is 0 Å². The first-order valence-corrected chi connectivity index (χ1v) is 7.79. The van der Waals surface area contributed by atoms with E-state index in [-0.39, 0.29) is 12.7 Å². The first kappa shape index (κ1) is 16.7. The first-order chi connectivity index (χ1) is 10.8. The van der Waals surface area contributed by atoms with E-state index in [1.807, 2.05) is 11.6 Å². The van der Waals surface area contributed by atoms with E-state index >= 15 is 0 Å². The minimum Gasteiger partial charge on any atom is -0.377 e. The van der Waals surface area contributed by atoms with Crippen LogP contribution in [0.4, 0.5) is 4.39 Å². The van der Waals surface area contributed by atoms with Crippen molar-refractivity contribution in [3.05, 3.63) is 11.6 Å². The Kier molecular flexibility index (Phi) is 6.57. The number of guanidine groups is 1. The predicted molar refractivity (Wildman–Crippen MR) is 82.6 cm³/mol. The van der Waals surface area contributed by atoms with Crippen LogP contribution in [0, 0.1) is 0 Å². The number of rotatable bonds is 7. The van der Waals surface area contributed by atoms with Crippen LogP contribution in [-0.4, -0.2) is 53.6 Å². The van der Waals surface area contributed by atoms with E-state index in [2.05, 4.69) is 25.7 Å². The van der Waals surface area contributed by atoms with Crippen LogP contribution >= 0.6 is 0 Å². The molecule has 8 heteroatoms. The van der Waals surface area contributed by atoms with Crippen molar-refractivity contribution in [3.8, 4) is 0 Å². The van der Waals surface area contributed by atoms with Crippen LogP contribution < -0.4 is 10.6 Å². The van der Waals surface area contributed by atoms with E-state index < -0.39 is 0 Å². The van der Waals surface area contributed by atoms with Gasteiger partial charge in [0.15, 0.2) is 11.8 Å². The number of hydrogen-bond acceptors (Lipinski definition) is 4. The van der Waals surface area contributed by atoms with Gasteiger partial charge in [-0.15, -0.1) is 0 Å². The van der Waals surface area contributed by atoms with Gasteiger partial charge in [0.2, 0.25) is 0 Å². The number of aromatic nitrogens is 3. The molecule has 0 aromatic carbocycles. The van der Waals surface area contributed by atoms with Gasteiger partial charge in [0.05, 0.1) is 13.2 Å². The minimum atomic E-state index is -0.336. The predicted octanol–water partition coefficient (Wildman–Crippen LogP) is 0.654. The molecule has 0 aliphatic carbocycles. The lowest BCUT2D eigenvalue weighted by atomic mass is 10.1. The molecule has 0 saturated carbocycles. The maximum atomic E-state index is 12.2. The topological polar surface area (TPSA) is 76.4 Å². The van der Waals surface area contributed by atoms with Crippen molar-refractivity contribution in [2.75, 3.05) is 26.9 Å². The van der Waals surface area contributed by atoms with Crippen molar-refractivity contribution >= 4 is 5.96 Å². The van der Waals surface area contributed by atoms with Crippen molar-refractivity contribution in [2.45, 2.75) is 45.4 Å². The third-order valence-corrected chi connectivity index (χ3v) is 3.42. The molecule has 2 rings (SSSR count).